The summed E-state index contributed by atoms with van der Waals surface area (Å²) in [5.41, 5.74) is 3.72. The van der Waals surface area contributed by atoms with Crippen LogP contribution in [0.2, 0.25) is 0 Å². The number of amides is 1. The molecule has 3 heteroatoms. The van der Waals surface area contributed by atoms with Gasteiger partial charge in [-0.2, -0.15) is 0 Å². The Morgan fingerprint density at radius 1 is 1.12 bits per heavy atom. The Balaban J connectivity index is 1.59. The summed E-state index contributed by atoms with van der Waals surface area (Å²) >= 11 is 0. The molecule has 2 aromatic rings. The average Bonchev–Trinajstić information content (AvgIpc) is 3.46. The van der Waals surface area contributed by atoms with Crippen molar-refractivity contribution in [3.05, 3.63) is 71.6 Å². The number of hydrogen-bond acceptors (Lipinski definition) is 2. The van der Waals surface area contributed by atoms with Gasteiger partial charge in [-0.15, -0.1) is 0 Å². The van der Waals surface area contributed by atoms with E-state index < -0.39 is 0 Å². The van der Waals surface area contributed by atoms with E-state index >= 15 is 0 Å². The predicted octanol–water partition coefficient (Wildman–Crippen LogP) is 4.16. The van der Waals surface area contributed by atoms with Crippen LogP contribution in [0.1, 0.15) is 48.4 Å². The molecule has 1 unspecified atom stereocenters. The molecule has 122 valence electrons. The fourth-order valence-corrected chi connectivity index (χ4v) is 3.69. The van der Waals surface area contributed by atoms with Crippen molar-refractivity contribution in [3.8, 4) is 0 Å². The predicted molar refractivity (Wildman–Crippen MR) is 95.3 cm³/mol. The van der Waals surface area contributed by atoms with Crippen molar-refractivity contribution < 1.29 is 4.79 Å². The zero-order valence-corrected chi connectivity index (χ0v) is 13.8. The lowest BCUT2D eigenvalue weighted by atomic mass is 9.86. The van der Waals surface area contributed by atoms with Crippen molar-refractivity contribution in [1.29, 1.82) is 0 Å². The molecular formula is C21H22N2O. The second-order valence-corrected chi connectivity index (χ2v) is 6.70. The van der Waals surface area contributed by atoms with E-state index in [1.165, 1.54) is 11.1 Å². The number of carbonyl (C=O) groups is 1. The van der Waals surface area contributed by atoms with E-state index in [0.717, 1.165) is 37.7 Å². The third kappa shape index (κ3) is 3.12. The van der Waals surface area contributed by atoms with Crippen LogP contribution in [0.15, 0.2) is 54.9 Å². The number of fused-ring (bicyclic) bond motifs is 1. The van der Waals surface area contributed by atoms with Crippen molar-refractivity contribution in [2.75, 3.05) is 0 Å². The molecule has 24 heavy (non-hydrogen) atoms. The molecule has 1 atom stereocenters. The molecule has 3 nitrogen and oxygen atoms in total. The van der Waals surface area contributed by atoms with E-state index in [-0.39, 0.29) is 11.9 Å². The fraction of sp³-hybridized carbons (Fsp3) is 0.333. The minimum atomic E-state index is 0.128. The fourth-order valence-electron chi connectivity index (χ4n) is 3.69. The molecule has 2 aliphatic rings. The van der Waals surface area contributed by atoms with Crippen LogP contribution in [0, 0.1) is 0 Å². The lowest BCUT2D eigenvalue weighted by molar-refractivity contribution is -0.129. The summed E-state index contributed by atoms with van der Waals surface area (Å²) in [4.78, 5) is 19.2. The Kier molecular flexibility index (Phi) is 4.16. The standard InChI is InChI=1S/C21H22N2O/c24-21(13-10-16-5-4-14-22-15-16)23(18-11-12-18)20-9-3-7-17-6-1-2-8-19(17)20/h1-2,4-6,8,10,13-15,18,20H,3,7,9,11-12H2/b13-10+. The Morgan fingerprint density at radius 2 is 2.00 bits per heavy atom. The molecule has 0 bridgehead atoms. The maximum absolute atomic E-state index is 12.9. The smallest absolute Gasteiger partial charge is 0.247 e. The first-order chi connectivity index (χ1) is 11.8. The minimum absolute atomic E-state index is 0.128. The van der Waals surface area contributed by atoms with Crippen molar-refractivity contribution in [2.45, 2.75) is 44.2 Å². The molecular weight excluding hydrogens is 296 g/mol. The van der Waals surface area contributed by atoms with Crippen LogP contribution in [0.5, 0.6) is 0 Å². The topological polar surface area (TPSA) is 33.2 Å². The first-order valence-corrected chi connectivity index (χ1v) is 8.81. The molecule has 0 N–H and O–H groups in total. The van der Waals surface area contributed by atoms with Gasteiger partial charge in [-0.25, -0.2) is 0 Å². The quantitative estimate of drug-likeness (QED) is 0.793. The summed E-state index contributed by atoms with van der Waals surface area (Å²) in [7, 11) is 0. The van der Waals surface area contributed by atoms with Crippen LogP contribution >= 0.6 is 0 Å². The minimum Gasteiger partial charge on any atom is -0.329 e. The van der Waals surface area contributed by atoms with Gasteiger partial charge in [0.2, 0.25) is 5.91 Å². The Morgan fingerprint density at radius 3 is 2.79 bits per heavy atom. The molecule has 0 spiro atoms. The third-order valence-electron chi connectivity index (χ3n) is 4.97. The number of benzene rings is 1. The van der Waals surface area contributed by atoms with E-state index in [9.17, 15) is 4.79 Å². The summed E-state index contributed by atoms with van der Waals surface area (Å²) < 4.78 is 0. The zero-order valence-electron chi connectivity index (χ0n) is 13.8. The number of rotatable bonds is 4. The number of nitrogens with zero attached hydrogens (tertiary/aromatic N) is 2. The molecule has 1 heterocycles. The Hall–Kier alpha value is -2.42. The first-order valence-electron chi connectivity index (χ1n) is 8.81. The molecule has 0 radical (unpaired) electrons. The van der Waals surface area contributed by atoms with Gasteiger partial charge >= 0.3 is 0 Å². The van der Waals surface area contributed by atoms with Crippen molar-refractivity contribution in [1.82, 2.24) is 9.88 Å². The molecule has 0 saturated heterocycles. The van der Waals surface area contributed by atoms with E-state index in [1.54, 1.807) is 18.5 Å². The van der Waals surface area contributed by atoms with Gasteiger partial charge in [0.15, 0.2) is 0 Å². The molecule has 1 fully saturated rings. The molecule has 1 aromatic carbocycles. The SMILES string of the molecule is O=C(/C=C/c1cccnc1)N(C1CC1)C1CCCc2ccccc21. The van der Waals surface area contributed by atoms with Gasteiger partial charge < -0.3 is 4.90 Å². The maximum atomic E-state index is 12.9. The van der Waals surface area contributed by atoms with Gasteiger partial charge in [-0.1, -0.05) is 30.3 Å². The zero-order chi connectivity index (χ0) is 16.4. The van der Waals surface area contributed by atoms with Crippen LogP contribution in [0.3, 0.4) is 0 Å². The Bertz CT molecular complexity index is 749. The lowest BCUT2D eigenvalue weighted by Crippen LogP contribution is -2.37. The summed E-state index contributed by atoms with van der Waals surface area (Å²) in [5.74, 6) is 0.128. The van der Waals surface area contributed by atoms with Gasteiger partial charge in [0, 0.05) is 24.5 Å². The molecule has 1 amide bonds. The Labute approximate surface area is 143 Å². The highest BCUT2D eigenvalue weighted by atomic mass is 16.2. The summed E-state index contributed by atoms with van der Waals surface area (Å²) in [6.07, 6.45) is 12.7. The number of hydrogen-bond donors (Lipinski definition) is 0. The molecule has 0 aliphatic heterocycles. The van der Waals surface area contributed by atoms with Gasteiger partial charge in [-0.3, -0.25) is 9.78 Å². The largest absolute Gasteiger partial charge is 0.329 e. The van der Waals surface area contributed by atoms with Crippen molar-refractivity contribution in [3.63, 3.8) is 0 Å². The summed E-state index contributed by atoms with van der Waals surface area (Å²) in [5, 5.41) is 0. The monoisotopic (exact) mass is 318 g/mol. The van der Waals surface area contributed by atoms with E-state index in [4.69, 9.17) is 0 Å². The number of carbonyl (C=O) groups excluding carboxylic acids is 1. The van der Waals surface area contributed by atoms with Crippen molar-refractivity contribution in [2.24, 2.45) is 0 Å². The second kappa shape index (κ2) is 6.60. The van der Waals surface area contributed by atoms with Crippen molar-refractivity contribution >= 4 is 12.0 Å². The van der Waals surface area contributed by atoms with Crippen LogP contribution < -0.4 is 0 Å². The van der Waals surface area contributed by atoms with E-state index in [1.807, 2.05) is 18.2 Å². The molecule has 2 aliphatic carbocycles. The van der Waals surface area contributed by atoms with Crippen LogP contribution in [-0.4, -0.2) is 21.8 Å². The van der Waals surface area contributed by atoms with E-state index in [0.29, 0.717) is 6.04 Å². The highest BCUT2D eigenvalue weighted by Crippen LogP contribution is 2.40. The average molecular weight is 318 g/mol. The first kappa shape index (κ1) is 15.1. The summed E-state index contributed by atoms with van der Waals surface area (Å²) in [6.45, 7) is 0. The van der Waals surface area contributed by atoms with Gasteiger partial charge in [-0.05, 0) is 60.9 Å². The second-order valence-electron chi connectivity index (χ2n) is 6.70. The van der Waals surface area contributed by atoms with Gasteiger partial charge in [0.1, 0.15) is 0 Å². The highest BCUT2D eigenvalue weighted by molar-refractivity contribution is 5.92. The van der Waals surface area contributed by atoms with Gasteiger partial charge in [0.05, 0.1) is 6.04 Å². The van der Waals surface area contributed by atoms with Gasteiger partial charge in [0.25, 0.3) is 0 Å². The number of aryl methyl sites for hydroxylation is 1. The molecule has 1 saturated carbocycles. The lowest BCUT2D eigenvalue weighted by Gasteiger charge is -2.35. The summed E-state index contributed by atoms with van der Waals surface area (Å²) in [6, 6.07) is 13.1. The van der Waals surface area contributed by atoms with Crippen LogP contribution in [-0.2, 0) is 11.2 Å². The molecule has 1 aromatic heterocycles. The maximum Gasteiger partial charge on any atom is 0.247 e. The number of pyridine rings is 1. The van der Waals surface area contributed by atoms with Crippen LogP contribution in [0.4, 0.5) is 0 Å². The third-order valence-corrected chi connectivity index (χ3v) is 4.97. The van der Waals surface area contributed by atoms with Crippen LogP contribution in [0.25, 0.3) is 6.08 Å². The number of aromatic nitrogens is 1. The molecule has 4 rings (SSSR count). The van der Waals surface area contributed by atoms with E-state index in [2.05, 4.69) is 34.1 Å². The normalized spacial score (nSPS) is 19.9. The highest BCUT2D eigenvalue weighted by Gasteiger charge is 2.38.